The van der Waals surface area contributed by atoms with Gasteiger partial charge in [0.2, 0.25) is 0 Å². The lowest BCUT2D eigenvalue weighted by molar-refractivity contribution is -0.126. The normalized spacial score (nSPS) is 27.1. The molecule has 4 bridgehead atoms. The highest BCUT2D eigenvalue weighted by Crippen LogP contribution is 2.33. The number of carbonyl (C=O) groups excluding carboxylic acids is 6. The molecule has 4 atom stereocenters. The smallest absolute Gasteiger partial charge is 0.410 e. The summed E-state index contributed by atoms with van der Waals surface area (Å²) in [6, 6.07) is -1.05. The Morgan fingerprint density at radius 1 is 0.615 bits per heavy atom. The average Bonchev–Trinajstić information content (AvgIpc) is 3.42. The fourth-order valence-corrected chi connectivity index (χ4v) is 8.29. The first-order valence-electron chi connectivity index (χ1n) is 19.1. The number of hydroxylamine groups is 2. The van der Waals surface area contributed by atoms with Gasteiger partial charge in [-0.2, -0.15) is 0 Å². The standard InChI is InChI=1S/C19H31N3O4.C18H29N3O5/c1-19(2,3)26-18(25)21-9-7-13(8-10-21)11-16(23)15-6-5-14-12-22(15)17(24)20(14)4;1-18(2,3)26-17(24)19-8-6-12(7-9-19)10-15(22)14-5-4-13-11-20(14)16(23)21(13)25/h13-15H,5-12H2,1-4H3;12-14,25H,4-11H2,1-3H3/t14-,15?;13-,14?/m11/s1. The zero-order chi connectivity index (χ0) is 38.1. The van der Waals surface area contributed by atoms with E-state index in [1.165, 1.54) is 4.90 Å². The number of urea groups is 2. The van der Waals surface area contributed by atoms with Gasteiger partial charge in [-0.3, -0.25) is 14.8 Å². The molecule has 6 fully saturated rings. The van der Waals surface area contributed by atoms with Gasteiger partial charge in [-0.15, -0.1) is 0 Å². The number of carbonyl (C=O) groups is 6. The van der Waals surface area contributed by atoms with Crippen molar-refractivity contribution >= 4 is 35.8 Å². The summed E-state index contributed by atoms with van der Waals surface area (Å²) in [6.07, 6.45) is 6.47. The highest BCUT2D eigenvalue weighted by molar-refractivity contribution is 5.91. The van der Waals surface area contributed by atoms with E-state index in [9.17, 15) is 34.0 Å². The number of nitrogens with zero attached hydrogens (tertiary/aromatic N) is 6. The first kappa shape index (κ1) is 39.6. The van der Waals surface area contributed by atoms with Gasteiger partial charge < -0.3 is 34.0 Å². The van der Waals surface area contributed by atoms with Crippen LogP contribution >= 0.6 is 0 Å². The van der Waals surface area contributed by atoms with Gasteiger partial charge in [-0.25, -0.2) is 24.2 Å². The Hall–Kier alpha value is -3.62. The van der Waals surface area contributed by atoms with Gasteiger partial charge in [0.25, 0.3) is 0 Å². The molecule has 6 aliphatic heterocycles. The highest BCUT2D eigenvalue weighted by atomic mass is 16.6. The van der Waals surface area contributed by atoms with Gasteiger partial charge in [0.1, 0.15) is 11.2 Å². The molecule has 6 heterocycles. The molecule has 0 radical (unpaired) electrons. The van der Waals surface area contributed by atoms with E-state index >= 15 is 0 Å². The van der Waals surface area contributed by atoms with Crippen molar-refractivity contribution in [3.63, 3.8) is 0 Å². The molecule has 0 aromatic heterocycles. The summed E-state index contributed by atoms with van der Waals surface area (Å²) in [4.78, 5) is 82.5. The van der Waals surface area contributed by atoms with Crippen LogP contribution in [0.3, 0.4) is 0 Å². The van der Waals surface area contributed by atoms with Crippen molar-refractivity contribution in [3.8, 4) is 0 Å². The number of Topliss-reactive ketones (excluding diaryl/α,β-unsaturated/α-hetero) is 2. The van der Waals surface area contributed by atoms with Crippen LogP contribution in [0.5, 0.6) is 0 Å². The number of ketones is 2. The SMILES string of the molecule is CC(C)(C)OC(=O)N1CCC(CC(=O)C2CC[C@@H]3CN2C(=O)N3O)CC1.CN1C(=O)N2C[C@H]1CCC2C(=O)CC1CCN(C(=O)OC(C)(C)C)CC1. The van der Waals surface area contributed by atoms with E-state index in [2.05, 4.69) is 0 Å². The van der Waals surface area contributed by atoms with Crippen molar-refractivity contribution in [2.75, 3.05) is 46.3 Å². The lowest BCUT2D eigenvalue weighted by atomic mass is 9.87. The number of ether oxygens (including phenoxy) is 2. The Morgan fingerprint density at radius 2 is 1.00 bits per heavy atom. The molecule has 292 valence electrons. The first-order valence-corrected chi connectivity index (χ1v) is 19.1. The van der Waals surface area contributed by atoms with Crippen molar-refractivity contribution in [2.24, 2.45) is 11.8 Å². The Kier molecular flexibility index (Phi) is 12.0. The van der Waals surface area contributed by atoms with E-state index in [4.69, 9.17) is 9.47 Å². The molecule has 2 unspecified atom stereocenters. The molecule has 6 rings (SSSR count). The minimum Gasteiger partial charge on any atom is -0.444 e. The largest absolute Gasteiger partial charge is 0.444 e. The van der Waals surface area contributed by atoms with Crippen molar-refractivity contribution in [1.29, 1.82) is 0 Å². The maximum Gasteiger partial charge on any atom is 0.410 e. The number of rotatable bonds is 6. The fraction of sp³-hybridized carbons (Fsp3) is 0.838. The van der Waals surface area contributed by atoms with E-state index in [1.54, 1.807) is 19.6 Å². The highest BCUT2D eigenvalue weighted by Gasteiger charge is 2.47. The Bertz CT molecular complexity index is 1260. The van der Waals surface area contributed by atoms with Gasteiger partial charge in [0.15, 0.2) is 11.6 Å². The molecule has 1 N–H and O–H groups in total. The molecule has 6 aliphatic rings. The molecule has 15 heteroatoms. The van der Waals surface area contributed by atoms with Crippen molar-refractivity contribution in [3.05, 3.63) is 0 Å². The fourth-order valence-electron chi connectivity index (χ4n) is 8.29. The van der Waals surface area contributed by atoms with E-state index in [0.717, 1.165) is 43.6 Å². The average molecular weight is 733 g/mol. The summed E-state index contributed by atoms with van der Waals surface area (Å²) in [7, 11) is 1.83. The zero-order valence-electron chi connectivity index (χ0n) is 32.2. The lowest BCUT2D eigenvalue weighted by Gasteiger charge is -2.35. The van der Waals surface area contributed by atoms with E-state index in [-0.39, 0.29) is 59.7 Å². The predicted molar refractivity (Wildman–Crippen MR) is 190 cm³/mol. The van der Waals surface area contributed by atoms with Crippen LogP contribution in [0, 0.1) is 11.8 Å². The number of hydrogen-bond acceptors (Lipinski definition) is 9. The second-order valence-corrected chi connectivity index (χ2v) is 17.5. The summed E-state index contributed by atoms with van der Waals surface area (Å²) < 4.78 is 10.8. The van der Waals surface area contributed by atoms with Gasteiger partial charge in [-0.1, -0.05) is 0 Å². The van der Waals surface area contributed by atoms with Gasteiger partial charge in [0.05, 0.1) is 24.2 Å². The van der Waals surface area contributed by atoms with Crippen molar-refractivity contribution in [2.45, 2.75) is 141 Å². The van der Waals surface area contributed by atoms with Crippen LogP contribution in [0.2, 0.25) is 0 Å². The first-order chi connectivity index (χ1) is 24.3. The molecule has 6 saturated heterocycles. The number of fused-ring (bicyclic) bond motifs is 4. The molecular weight excluding hydrogens is 672 g/mol. The predicted octanol–water partition coefficient (Wildman–Crippen LogP) is 4.74. The minimum atomic E-state index is -0.508. The van der Waals surface area contributed by atoms with E-state index < -0.39 is 23.3 Å². The number of likely N-dealkylation sites (N-methyl/N-ethyl adjacent to an activating group) is 1. The molecule has 15 nitrogen and oxygen atoms in total. The molecule has 0 aromatic carbocycles. The minimum absolute atomic E-state index is 0.00871. The second-order valence-electron chi connectivity index (χ2n) is 17.5. The van der Waals surface area contributed by atoms with Crippen LogP contribution in [0.4, 0.5) is 19.2 Å². The molecule has 0 aliphatic carbocycles. The molecule has 52 heavy (non-hydrogen) atoms. The van der Waals surface area contributed by atoms with Gasteiger partial charge in [-0.05, 0) is 105 Å². The van der Waals surface area contributed by atoms with Crippen molar-refractivity contribution < 1.29 is 43.4 Å². The van der Waals surface area contributed by atoms with Crippen LogP contribution in [0.15, 0.2) is 0 Å². The summed E-state index contributed by atoms with van der Waals surface area (Å²) in [5.41, 5.74) is -0.996. The van der Waals surface area contributed by atoms with Gasteiger partial charge in [0, 0.05) is 59.2 Å². The molecule has 0 aromatic rings. The summed E-state index contributed by atoms with van der Waals surface area (Å²) >= 11 is 0. The second kappa shape index (κ2) is 15.8. The van der Waals surface area contributed by atoms with E-state index in [0.29, 0.717) is 65.0 Å². The Balaban J connectivity index is 0.000000201. The third-order valence-electron chi connectivity index (χ3n) is 11.3. The Labute approximate surface area is 307 Å². The van der Waals surface area contributed by atoms with Crippen molar-refractivity contribution in [1.82, 2.24) is 29.6 Å². The van der Waals surface area contributed by atoms with Crippen LogP contribution in [-0.2, 0) is 19.1 Å². The lowest BCUT2D eigenvalue weighted by Crippen LogP contribution is -2.46. The third-order valence-corrected chi connectivity index (χ3v) is 11.3. The number of piperidine rings is 4. The van der Waals surface area contributed by atoms with Crippen LogP contribution in [0.1, 0.15) is 106 Å². The summed E-state index contributed by atoms with van der Waals surface area (Å²) in [5.74, 6) is 0.766. The summed E-state index contributed by atoms with van der Waals surface area (Å²) in [5, 5.41) is 10.5. The number of amides is 6. The summed E-state index contributed by atoms with van der Waals surface area (Å²) in [6.45, 7) is 14.7. The Morgan fingerprint density at radius 3 is 1.42 bits per heavy atom. The third kappa shape index (κ3) is 9.48. The van der Waals surface area contributed by atoms with Crippen LogP contribution in [-0.4, -0.2) is 152 Å². The monoisotopic (exact) mass is 732 g/mol. The molecule has 0 spiro atoms. The molecule has 0 saturated carbocycles. The van der Waals surface area contributed by atoms with Crippen LogP contribution in [0.25, 0.3) is 0 Å². The topological polar surface area (TPSA) is 161 Å². The maximum atomic E-state index is 12.8. The number of hydrogen-bond donors (Lipinski definition) is 1. The quantitative estimate of drug-likeness (QED) is 0.381. The molecular formula is C37H60N6O9. The molecule has 6 amide bonds. The van der Waals surface area contributed by atoms with E-state index in [1.807, 2.05) is 48.6 Å². The zero-order valence-corrected chi connectivity index (χ0v) is 32.2. The van der Waals surface area contributed by atoms with Crippen LogP contribution < -0.4 is 0 Å². The maximum absolute atomic E-state index is 12.8. The number of likely N-dealkylation sites (tertiary alicyclic amines) is 2. The van der Waals surface area contributed by atoms with Gasteiger partial charge >= 0.3 is 24.2 Å².